The van der Waals surface area contributed by atoms with E-state index in [4.69, 9.17) is 16.3 Å². The molecule has 0 aromatic heterocycles. The van der Waals surface area contributed by atoms with Crippen LogP contribution in [-0.2, 0) is 4.74 Å². The van der Waals surface area contributed by atoms with Crippen LogP contribution in [0.15, 0.2) is 30.0 Å². The van der Waals surface area contributed by atoms with E-state index in [-0.39, 0.29) is 5.82 Å². The van der Waals surface area contributed by atoms with Gasteiger partial charge in [0, 0.05) is 17.7 Å². The third-order valence-electron chi connectivity index (χ3n) is 2.54. The zero-order valence-electron chi connectivity index (χ0n) is 8.74. The van der Waals surface area contributed by atoms with Gasteiger partial charge in [-0.1, -0.05) is 0 Å². The molecule has 1 aromatic rings. The van der Waals surface area contributed by atoms with Gasteiger partial charge in [0.25, 0.3) is 0 Å². The lowest BCUT2D eigenvalue weighted by atomic mass is 10.0. The molecule has 0 aliphatic carbocycles. The lowest BCUT2D eigenvalue weighted by Crippen LogP contribution is -2.30. The van der Waals surface area contributed by atoms with Crippen LogP contribution in [0.3, 0.4) is 0 Å². The van der Waals surface area contributed by atoms with Crippen molar-refractivity contribution in [3.63, 3.8) is 0 Å². The fourth-order valence-electron chi connectivity index (χ4n) is 1.76. The standard InChI is InChI=1S/C11H14FN3O/c12-7-3-4-9(13)8(6-7)11(15-14)10-2-1-5-16-10/h2-4,6,11,15H,1,5,13-14H2. The summed E-state index contributed by atoms with van der Waals surface area (Å²) >= 11 is 0. The predicted molar refractivity (Wildman–Crippen MR) is 59.5 cm³/mol. The van der Waals surface area contributed by atoms with Crippen LogP contribution >= 0.6 is 0 Å². The summed E-state index contributed by atoms with van der Waals surface area (Å²) in [5, 5.41) is 0. The minimum absolute atomic E-state index is 0.344. The summed E-state index contributed by atoms with van der Waals surface area (Å²) in [6.45, 7) is 0.628. The molecule has 1 aliphatic heterocycles. The average molecular weight is 223 g/mol. The highest BCUT2D eigenvalue weighted by Gasteiger charge is 2.21. The van der Waals surface area contributed by atoms with Crippen LogP contribution in [0.2, 0.25) is 0 Å². The van der Waals surface area contributed by atoms with E-state index < -0.39 is 6.04 Å². The molecule has 16 heavy (non-hydrogen) atoms. The molecule has 5 N–H and O–H groups in total. The summed E-state index contributed by atoms with van der Waals surface area (Å²) in [5.41, 5.74) is 9.46. The second-order valence-corrected chi connectivity index (χ2v) is 3.62. The molecule has 86 valence electrons. The van der Waals surface area contributed by atoms with E-state index in [1.807, 2.05) is 6.08 Å². The number of hydrogen-bond acceptors (Lipinski definition) is 4. The van der Waals surface area contributed by atoms with Gasteiger partial charge in [0.15, 0.2) is 0 Å². The highest BCUT2D eigenvalue weighted by Crippen LogP contribution is 2.29. The zero-order valence-corrected chi connectivity index (χ0v) is 8.74. The van der Waals surface area contributed by atoms with Crippen molar-refractivity contribution in [1.29, 1.82) is 0 Å². The van der Waals surface area contributed by atoms with Crippen molar-refractivity contribution in [2.45, 2.75) is 12.5 Å². The first-order valence-corrected chi connectivity index (χ1v) is 5.06. The molecule has 5 heteroatoms. The molecule has 1 heterocycles. The van der Waals surface area contributed by atoms with Gasteiger partial charge < -0.3 is 10.5 Å². The van der Waals surface area contributed by atoms with Gasteiger partial charge in [-0.3, -0.25) is 5.84 Å². The highest BCUT2D eigenvalue weighted by atomic mass is 19.1. The number of hydrogen-bond donors (Lipinski definition) is 3. The lowest BCUT2D eigenvalue weighted by molar-refractivity contribution is 0.216. The summed E-state index contributed by atoms with van der Waals surface area (Å²) in [5.74, 6) is 5.80. The molecule has 0 saturated heterocycles. The van der Waals surface area contributed by atoms with Crippen LogP contribution in [-0.4, -0.2) is 6.61 Å². The van der Waals surface area contributed by atoms with E-state index in [0.29, 0.717) is 23.6 Å². The second kappa shape index (κ2) is 4.51. The van der Waals surface area contributed by atoms with Crippen molar-refractivity contribution in [2.75, 3.05) is 12.3 Å². The Hall–Kier alpha value is -1.59. The van der Waals surface area contributed by atoms with Gasteiger partial charge in [-0.15, -0.1) is 0 Å². The van der Waals surface area contributed by atoms with Crippen LogP contribution in [0.25, 0.3) is 0 Å². The summed E-state index contributed by atoms with van der Waals surface area (Å²) in [4.78, 5) is 0. The van der Waals surface area contributed by atoms with Gasteiger partial charge >= 0.3 is 0 Å². The van der Waals surface area contributed by atoms with Gasteiger partial charge in [0.2, 0.25) is 0 Å². The van der Waals surface area contributed by atoms with Gasteiger partial charge in [-0.25, -0.2) is 9.82 Å². The molecule has 0 bridgehead atoms. The van der Waals surface area contributed by atoms with Crippen LogP contribution in [0.5, 0.6) is 0 Å². The Balaban J connectivity index is 2.35. The van der Waals surface area contributed by atoms with Crippen LogP contribution < -0.4 is 17.0 Å². The number of nitrogens with one attached hydrogen (secondary N) is 1. The molecule has 1 aromatic carbocycles. The largest absolute Gasteiger partial charge is 0.496 e. The molecular formula is C11H14FN3O. The van der Waals surface area contributed by atoms with Gasteiger partial charge in [-0.05, 0) is 24.3 Å². The smallest absolute Gasteiger partial charge is 0.123 e. The van der Waals surface area contributed by atoms with Crippen LogP contribution in [0.4, 0.5) is 10.1 Å². The van der Waals surface area contributed by atoms with Crippen LogP contribution in [0.1, 0.15) is 18.0 Å². The molecule has 2 rings (SSSR count). The van der Waals surface area contributed by atoms with Crippen molar-refractivity contribution in [2.24, 2.45) is 5.84 Å². The Kier molecular flexibility index (Phi) is 3.07. The molecule has 0 saturated carbocycles. The quantitative estimate of drug-likeness (QED) is 0.409. The Labute approximate surface area is 93.0 Å². The first-order valence-electron chi connectivity index (χ1n) is 5.06. The Bertz CT molecular complexity index is 420. The first-order chi connectivity index (χ1) is 7.72. The topological polar surface area (TPSA) is 73.3 Å². The molecule has 4 nitrogen and oxygen atoms in total. The van der Waals surface area contributed by atoms with E-state index in [1.54, 1.807) is 0 Å². The first kappa shape index (κ1) is 10.9. The maximum Gasteiger partial charge on any atom is 0.123 e. The number of hydrazine groups is 1. The normalized spacial score (nSPS) is 16.8. The highest BCUT2D eigenvalue weighted by molar-refractivity contribution is 5.50. The molecule has 1 atom stereocenters. The Morgan fingerprint density at radius 1 is 1.44 bits per heavy atom. The number of anilines is 1. The maximum absolute atomic E-state index is 13.1. The van der Waals surface area contributed by atoms with Gasteiger partial charge in [0.05, 0.1) is 6.61 Å². The van der Waals surface area contributed by atoms with Crippen LogP contribution in [0, 0.1) is 5.82 Å². The maximum atomic E-state index is 13.1. The molecular weight excluding hydrogens is 209 g/mol. The molecule has 1 aliphatic rings. The van der Waals surface area contributed by atoms with E-state index in [2.05, 4.69) is 5.43 Å². The Morgan fingerprint density at radius 2 is 2.25 bits per heavy atom. The number of benzene rings is 1. The minimum Gasteiger partial charge on any atom is -0.496 e. The minimum atomic E-state index is -0.391. The molecule has 0 fully saturated rings. The van der Waals surface area contributed by atoms with E-state index in [0.717, 1.165) is 6.42 Å². The third-order valence-corrected chi connectivity index (χ3v) is 2.54. The zero-order chi connectivity index (χ0) is 11.5. The summed E-state index contributed by atoms with van der Waals surface area (Å²) in [6, 6.07) is 3.81. The van der Waals surface area contributed by atoms with Crippen molar-refractivity contribution in [3.8, 4) is 0 Å². The average Bonchev–Trinajstić information content (AvgIpc) is 2.78. The third kappa shape index (κ3) is 2.00. The van der Waals surface area contributed by atoms with E-state index >= 15 is 0 Å². The number of ether oxygens (including phenoxy) is 1. The number of halogens is 1. The van der Waals surface area contributed by atoms with Gasteiger partial charge in [-0.2, -0.15) is 0 Å². The second-order valence-electron chi connectivity index (χ2n) is 3.62. The van der Waals surface area contributed by atoms with Crippen molar-refractivity contribution in [1.82, 2.24) is 5.43 Å². The van der Waals surface area contributed by atoms with Crippen molar-refractivity contribution < 1.29 is 9.13 Å². The fourth-order valence-corrected chi connectivity index (χ4v) is 1.76. The van der Waals surface area contributed by atoms with E-state index in [9.17, 15) is 4.39 Å². The van der Waals surface area contributed by atoms with Crippen molar-refractivity contribution >= 4 is 5.69 Å². The number of nitrogens with two attached hydrogens (primary N) is 2. The summed E-state index contributed by atoms with van der Waals surface area (Å²) in [7, 11) is 0. The van der Waals surface area contributed by atoms with E-state index in [1.165, 1.54) is 18.2 Å². The Morgan fingerprint density at radius 3 is 2.88 bits per heavy atom. The van der Waals surface area contributed by atoms with Crippen molar-refractivity contribution in [3.05, 3.63) is 41.4 Å². The predicted octanol–water partition coefficient (Wildman–Crippen LogP) is 1.22. The summed E-state index contributed by atoms with van der Waals surface area (Å²) in [6.07, 6.45) is 2.76. The lowest BCUT2D eigenvalue weighted by Gasteiger charge is -2.19. The fraction of sp³-hybridized carbons (Fsp3) is 0.273. The summed E-state index contributed by atoms with van der Waals surface area (Å²) < 4.78 is 18.5. The number of rotatable bonds is 3. The SMILES string of the molecule is NNC(C1=CCCO1)c1cc(F)ccc1N. The monoisotopic (exact) mass is 223 g/mol. The number of nitrogen functional groups attached to an aromatic ring is 1. The van der Waals surface area contributed by atoms with Gasteiger partial charge in [0.1, 0.15) is 17.6 Å². The molecule has 0 spiro atoms. The molecule has 0 amide bonds. The molecule has 0 radical (unpaired) electrons. The molecule has 1 unspecified atom stereocenters.